The molecule has 0 fully saturated rings. The molecule has 0 atom stereocenters. The van der Waals surface area contributed by atoms with Crippen LogP contribution in [0.2, 0.25) is 0 Å². The van der Waals surface area contributed by atoms with Gasteiger partial charge in [-0.25, -0.2) is 0 Å². The molecular weight excluding hydrogens is 397 g/mol. The third kappa shape index (κ3) is 3.51. The van der Waals surface area contributed by atoms with Gasteiger partial charge in [-0.3, -0.25) is 15.1 Å². The molecule has 1 aromatic carbocycles. The molecule has 8 heteroatoms. The van der Waals surface area contributed by atoms with Crippen molar-refractivity contribution in [1.29, 1.82) is 0 Å². The summed E-state index contributed by atoms with van der Waals surface area (Å²) in [6.45, 7) is 0.358. The molecule has 0 spiro atoms. The molecular formula is C12H8Br2FN3O2. The van der Waals surface area contributed by atoms with Gasteiger partial charge in [-0.1, -0.05) is 0 Å². The first-order valence-electron chi connectivity index (χ1n) is 5.45. The van der Waals surface area contributed by atoms with Crippen LogP contribution in [0.4, 0.5) is 15.8 Å². The fourth-order valence-corrected chi connectivity index (χ4v) is 2.65. The summed E-state index contributed by atoms with van der Waals surface area (Å²) in [6.07, 6.45) is 1.65. The summed E-state index contributed by atoms with van der Waals surface area (Å²) in [5.41, 5.74) is 0.632. The van der Waals surface area contributed by atoms with E-state index >= 15 is 0 Å². The molecule has 20 heavy (non-hydrogen) atoms. The van der Waals surface area contributed by atoms with Crippen LogP contribution in [0.15, 0.2) is 39.4 Å². The number of nitrogens with one attached hydrogen (secondary N) is 1. The molecule has 0 amide bonds. The zero-order chi connectivity index (χ0) is 14.7. The van der Waals surface area contributed by atoms with E-state index in [1.165, 1.54) is 6.07 Å². The Balaban J connectivity index is 2.15. The van der Waals surface area contributed by atoms with Crippen molar-refractivity contribution in [2.24, 2.45) is 0 Å². The van der Waals surface area contributed by atoms with Crippen LogP contribution in [0, 0.1) is 15.9 Å². The van der Waals surface area contributed by atoms with Gasteiger partial charge in [0.15, 0.2) is 0 Å². The van der Waals surface area contributed by atoms with Gasteiger partial charge in [0, 0.05) is 26.9 Å². The fourth-order valence-electron chi connectivity index (χ4n) is 1.52. The lowest BCUT2D eigenvalue weighted by molar-refractivity contribution is -0.387. The normalized spacial score (nSPS) is 10.3. The van der Waals surface area contributed by atoms with Gasteiger partial charge in [0.2, 0.25) is 5.82 Å². The first kappa shape index (κ1) is 14.9. The lowest BCUT2D eigenvalue weighted by Gasteiger charge is -2.08. The first-order valence-corrected chi connectivity index (χ1v) is 7.03. The van der Waals surface area contributed by atoms with E-state index in [1.54, 1.807) is 6.20 Å². The second-order valence-electron chi connectivity index (χ2n) is 3.86. The highest BCUT2D eigenvalue weighted by molar-refractivity contribution is 9.11. The molecule has 0 saturated heterocycles. The summed E-state index contributed by atoms with van der Waals surface area (Å²) in [6, 6.07) is 5.50. The van der Waals surface area contributed by atoms with Crippen LogP contribution in [0.3, 0.4) is 0 Å². The van der Waals surface area contributed by atoms with Crippen LogP contribution < -0.4 is 5.32 Å². The second-order valence-corrected chi connectivity index (χ2v) is 5.63. The smallest absolute Gasteiger partial charge is 0.306 e. The van der Waals surface area contributed by atoms with Gasteiger partial charge in [0.05, 0.1) is 17.2 Å². The van der Waals surface area contributed by atoms with Crippen molar-refractivity contribution >= 4 is 43.2 Å². The average Bonchev–Trinajstić information content (AvgIpc) is 2.39. The van der Waals surface area contributed by atoms with Gasteiger partial charge < -0.3 is 5.32 Å². The van der Waals surface area contributed by atoms with Crippen molar-refractivity contribution in [2.45, 2.75) is 6.54 Å². The van der Waals surface area contributed by atoms with Crippen molar-refractivity contribution in [3.8, 4) is 0 Å². The summed E-state index contributed by atoms with van der Waals surface area (Å²) in [7, 11) is 0. The SMILES string of the molecule is O=[N+]([O-])c1cc(NCc2ncc(Br)cc2Br)ccc1F. The van der Waals surface area contributed by atoms with Gasteiger partial charge in [0.25, 0.3) is 0 Å². The van der Waals surface area contributed by atoms with E-state index < -0.39 is 16.4 Å². The van der Waals surface area contributed by atoms with Gasteiger partial charge in [0.1, 0.15) is 0 Å². The summed E-state index contributed by atoms with van der Waals surface area (Å²) in [4.78, 5) is 14.1. The van der Waals surface area contributed by atoms with Gasteiger partial charge in [-0.2, -0.15) is 4.39 Å². The van der Waals surface area contributed by atoms with E-state index in [4.69, 9.17) is 0 Å². The largest absolute Gasteiger partial charge is 0.379 e. The highest BCUT2D eigenvalue weighted by Crippen LogP contribution is 2.23. The monoisotopic (exact) mass is 403 g/mol. The van der Waals surface area contributed by atoms with Crippen molar-refractivity contribution in [3.05, 3.63) is 61.0 Å². The number of hydrogen-bond donors (Lipinski definition) is 1. The zero-order valence-electron chi connectivity index (χ0n) is 9.94. The van der Waals surface area contributed by atoms with Crippen LogP contribution in [-0.2, 0) is 6.54 Å². The maximum atomic E-state index is 13.2. The topological polar surface area (TPSA) is 68.1 Å². The minimum absolute atomic E-state index is 0.358. The maximum Gasteiger partial charge on any atom is 0.306 e. The van der Waals surface area contributed by atoms with E-state index in [2.05, 4.69) is 42.2 Å². The molecule has 0 saturated carbocycles. The van der Waals surface area contributed by atoms with Crippen LogP contribution in [0.25, 0.3) is 0 Å². The van der Waals surface area contributed by atoms with Crippen LogP contribution in [-0.4, -0.2) is 9.91 Å². The Bertz CT molecular complexity index is 667. The Kier molecular flexibility index (Phi) is 4.66. The number of hydrogen-bond acceptors (Lipinski definition) is 4. The second kappa shape index (κ2) is 6.27. The molecule has 5 nitrogen and oxygen atoms in total. The van der Waals surface area contributed by atoms with E-state index in [9.17, 15) is 14.5 Å². The highest BCUT2D eigenvalue weighted by atomic mass is 79.9. The van der Waals surface area contributed by atoms with Crippen LogP contribution in [0.5, 0.6) is 0 Å². The zero-order valence-corrected chi connectivity index (χ0v) is 13.1. The molecule has 0 unspecified atom stereocenters. The lowest BCUT2D eigenvalue weighted by Crippen LogP contribution is -2.03. The third-order valence-electron chi connectivity index (χ3n) is 2.49. The van der Waals surface area contributed by atoms with E-state index in [1.807, 2.05) is 6.07 Å². The molecule has 104 valence electrons. The molecule has 2 rings (SSSR count). The van der Waals surface area contributed by atoms with Crippen LogP contribution >= 0.6 is 31.9 Å². The lowest BCUT2D eigenvalue weighted by atomic mass is 10.2. The Morgan fingerprint density at radius 3 is 2.75 bits per heavy atom. The summed E-state index contributed by atoms with van der Waals surface area (Å²) >= 11 is 6.67. The fraction of sp³-hybridized carbons (Fsp3) is 0.0833. The van der Waals surface area contributed by atoms with Crippen molar-refractivity contribution < 1.29 is 9.31 Å². The number of anilines is 1. The first-order chi connectivity index (χ1) is 9.47. The van der Waals surface area contributed by atoms with Crippen molar-refractivity contribution in [1.82, 2.24) is 4.98 Å². The molecule has 0 aliphatic carbocycles. The van der Waals surface area contributed by atoms with E-state index in [0.29, 0.717) is 12.2 Å². The summed E-state index contributed by atoms with van der Waals surface area (Å²) in [5.74, 6) is -0.858. The molecule has 0 bridgehead atoms. The minimum atomic E-state index is -0.858. The summed E-state index contributed by atoms with van der Waals surface area (Å²) in [5, 5.41) is 13.6. The molecule has 0 radical (unpaired) electrons. The number of nitro benzene ring substituents is 1. The standard InChI is InChI=1S/C12H8Br2FN3O2/c13-7-3-9(14)11(17-5-7)6-16-8-1-2-10(15)12(4-8)18(19)20/h1-5,16H,6H2. The molecule has 1 N–H and O–H groups in total. The molecule has 0 aliphatic rings. The number of nitro groups is 1. The molecule has 2 aromatic rings. The third-order valence-corrected chi connectivity index (χ3v) is 3.61. The number of halogens is 3. The van der Waals surface area contributed by atoms with E-state index in [0.717, 1.165) is 26.8 Å². The Hall–Kier alpha value is -1.54. The number of rotatable bonds is 4. The average molecular weight is 405 g/mol. The van der Waals surface area contributed by atoms with Crippen molar-refractivity contribution in [2.75, 3.05) is 5.32 Å². The van der Waals surface area contributed by atoms with Crippen LogP contribution in [0.1, 0.15) is 5.69 Å². The predicted octanol–water partition coefficient (Wildman–Crippen LogP) is 4.27. The minimum Gasteiger partial charge on any atom is -0.379 e. The number of aromatic nitrogens is 1. The highest BCUT2D eigenvalue weighted by Gasteiger charge is 2.14. The number of nitrogens with zero attached hydrogens (tertiary/aromatic N) is 2. The summed E-state index contributed by atoms with van der Waals surface area (Å²) < 4.78 is 14.8. The van der Waals surface area contributed by atoms with Crippen molar-refractivity contribution in [3.63, 3.8) is 0 Å². The Labute approximate surface area is 130 Å². The number of benzene rings is 1. The maximum absolute atomic E-state index is 13.2. The van der Waals surface area contributed by atoms with Gasteiger partial charge in [-0.05, 0) is 50.1 Å². The Morgan fingerprint density at radius 1 is 1.35 bits per heavy atom. The number of pyridine rings is 1. The predicted molar refractivity (Wildman–Crippen MR) is 80.0 cm³/mol. The van der Waals surface area contributed by atoms with Gasteiger partial charge >= 0.3 is 5.69 Å². The molecule has 1 heterocycles. The molecule has 0 aliphatic heterocycles. The molecule has 1 aromatic heterocycles. The quantitative estimate of drug-likeness (QED) is 0.610. The van der Waals surface area contributed by atoms with Gasteiger partial charge in [-0.15, -0.1) is 0 Å². The van der Waals surface area contributed by atoms with E-state index in [-0.39, 0.29) is 0 Å². The Morgan fingerprint density at radius 2 is 2.10 bits per heavy atom.